The second-order valence-electron chi connectivity index (χ2n) is 7.49. The van der Waals surface area contributed by atoms with Crippen molar-refractivity contribution in [2.75, 3.05) is 13.4 Å². The van der Waals surface area contributed by atoms with Crippen LogP contribution in [0.3, 0.4) is 0 Å². The lowest BCUT2D eigenvalue weighted by molar-refractivity contribution is -0.123. The van der Waals surface area contributed by atoms with E-state index in [1.165, 1.54) is 12.1 Å². The fourth-order valence-corrected chi connectivity index (χ4v) is 4.36. The Morgan fingerprint density at radius 3 is 2.52 bits per heavy atom. The molecule has 3 aromatic rings. The van der Waals surface area contributed by atoms with Crippen molar-refractivity contribution < 1.29 is 27.4 Å². The molecule has 0 saturated heterocycles. The zero-order valence-electron chi connectivity index (χ0n) is 18.0. The molecule has 0 atom stereocenters. The standard InChI is InChI=1S/C24H24N2O6S/c1-17-11-20(33(28,29)26-14-18-5-3-2-4-6-18)8-10-21(17)30-15-24(27)25-13-19-7-9-22-23(12-19)32-16-31-22/h2-12,26H,13-16H2,1H3,(H,25,27). The van der Waals surface area contributed by atoms with Gasteiger partial charge in [0.1, 0.15) is 5.75 Å². The summed E-state index contributed by atoms with van der Waals surface area (Å²) in [5.74, 6) is 1.48. The predicted octanol–water partition coefficient (Wildman–Crippen LogP) is 2.90. The maximum absolute atomic E-state index is 12.6. The third kappa shape index (κ3) is 5.82. The van der Waals surface area contributed by atoms with Crippen LogP contribution in [0.2, 0.25) is 0 Å². The van der Waals surface area contributed by atoms with E-state index in [0.717, 1.165) is 11.1 Å². The summed E-state index contributed by atoms with van der Waals surface area (Å²) in [6.45, 7) is 2.26. The molecule has 0 unspecified atom stereocenters. The zero-order valence-corrected chi connectivity index (χ0v) is 18.9. The molecule has 8 nitrogen and oxygen atoms in total. The third-order valence-electron chi connectivity index (χ3n) is 5.05. The smallest absolute Gasteiger partial charge is 0.258 e. The summed E-state index contributed by atoms with van der Waals surface area (Å²) in [5.41, 5.74) is 2.35. The van der Waals surface area contributed by atoms with Gasteiger partial charge in [-0.15, -0.1) is 0 Å². The Hall–Kier alpha value is -3.56. The molecule has 0 radical (unpaired) electrons. The number of carbonyl (C=O) groups excluding carboxylic acids is 1. The summed E-state index contributed by atoms with van der Waals surface area (Å²) in [4.78, 5) is 12.3. The molecule has 3 aromatic carbocycles. The van der Waals surface area contributed by atoms with Gasteiger partial charge in [-0.2, -0.15) is 0 Å². The van der Waals surface area contributed by atoms with E-state index in [4.69, 9.17) is 14.2 Å². The van der Waals surface area contributed by atoms with Crippen LogP contribution in [0.5, 0.6) is 17.2 Å². The number of benzene rings is 3. The summed E-state index contributed by atoms with van der Waals surface area (Å²) in [6.07, 6.45) is 0. The highest BCUT2D eigenvalue weighted by molar-refractivity contribution is 7.89. The van der Waals surface area contributed by atoms with Crippen molar-refractivity contribution in [1.82, 2.24) is 10.0 Å². The average molecular weight is 469 g/mol. The molecule has 172 valence electrons. The summed E-state index contributed by atoms with van der Waals surface area (Å²) >= 11 is 0. The van der Waals surface area contributed by atoms with E-state index in [1.54, 1.807) is 19.1 Å². The number of amides is 1. The Kier molecular flexibility index (Phi) is 6.81. The fourth-order valence-electron chi connectivity index (χ4n) is 3.25. The van der Waals surface area contributed by atoms with Crippen molar-refractivity contribution in [3.8, 4) is 17.2 Å². The molecule has 9 heteroatoms. The molecular weight excluding hydrogens is 444 g/mol. The number of carbonyl (C=O) groups is 1. The quantitative estimate of drug-likeness (QED) is 0.501. The molecule has 2 N–H and O–H groups in total. The normalized spacial score (nSPS) is 12.4. The van der Waals surface area contributed by atoms with Gasteiger partial charge in [0.15, 0.2) is 18.1 Å². The van der Waals surface area contributed by atoms with Gasteiger partial charge >= 0.3 is 0 Å². The van der Waals surface area contributed by atoms with E-state index in [1.807, 2.05) is 42.5 Å². The number of nitrogens with one attached hydrogen (secondary N) is 2. The van der Waals surface area contributed by atoms with Crippen LogP contribution in [-0.2, 0) is 27.9 Å². The number of fused-ring (bicyclic) bond motifs is 1. The average Bonchev–Trinajstić information content (AvgIpc) is 3.29. The molecule has 0 aliphatic carbocycles. The molecule has 1 aliphatic rings. The van der Waals surface area contributed by atoms with Crippen LogP contribution in [0.25, 0.3) is 0 Å². The lowest BCUT2D eigenvalue weighted by atomic mass is 10.2. The fraction of sp³-hybridized carbons (Fsp3) is 0.208. The molecule has 1 heterocycles. The minimum atomic E-state index is -3.68. The first-order valence-electron chi connectivity index (χ1n) is 10.3. The Morgan fingerprint density at radius 1 is 0.939 bits per heavy atom. The Labute approximate surface area is 192 Å². The van der Waals surface area contributed by atoms with E-state index in [9.17, 15) is 13.2 Å². The van der Waals surface area contributed by atoms with Gasteiger partial charge in [-0.1, -0.05) is 36.4 Å². The van der Waals surface area contributed by atoms with Crippen LogP contribution in [0.1, 0.15) is 16.7 Å². The lowest BCUT2D eigenvalue weighted by Crippen LogP contribution is -2.28. The Bertz CT molecular complexity index is 1250. The highest BCUT2D eigenvalue weighted by atomic mass is 32.2. The summed E-state index contributed by atoms with van der Waals surface area (Å²) in [5, 5.41) is 2.78. The molecule has 0 spiro atoms. The van der Waals surface area contributed by atoms with Gasteiger partial charge in [-0.25, -0.2) is 13.1 Å². The Balaban J connectivity index is 1.29. The van der Waals surface area contributed by atoms with Gasteiger partial charge in [-0.05, 0) is 53.9 Å². The van der Waals surface area contributed by atoms with Crippen molar-refractivity contribution >= 4 is 15.9 Å². The minimum Gasteiger partial charge on any atom is -0.484 e. The largest absolute Gasteiger partial charge is 0.484 e. The van der Waals surface area contributed by atoms with Crippen molar-refractivity contribution in [1.29, 1.82) is 0 Å². The van der Waals surface area contributed by atoms with Crippen LogP contribution >= 0.6 is 0 Å². The summed E-state index contributed by atoms with van der Waals surface area (Å²) < 4.78 is 44.0. The first-order chi connectivity index (χ1) is 15.9. The second kappa shape index (κ2) is 9.93. The van der Waals surface area contributed by atoms with Crippen molar-refractivity contribution in [3.05, 3.63) is 83.4 Å². The number of rotatable bonds is 9. The zero-order chi connectivity index (χ0) is 23.3. The molecule has 1 aliphatic heterocycles. The molecule has 0 saturated carbocycles. The number of ether oxygens (including phenoxy) is 3. The highest BCUT2D eigenvalue weighted by Crippen LogP contribution is 2.32. The third-order valence-corrected chi connectivity index (χ3v) is 6.45. The predicted molar refractivity (Wildman–Crippen MR) is 122 cm³/mol. The molecule has 33 heavy (non-hydrogen) atoms. The van der Waals surface area contributed by atoms with Crippen LogP contribution in [0.4, 0.5) is 0 Å². The highest BCUT2D eigenvalue weighted by Gasteiger charge is 2.16. The van der Waals surface area contributed by atoms with E-state index in [2.05, 4.69) is 10.0 Å². The van der Waals surface area contributed by atoms with E-state index in [0.29, 0.717) is 29.4 Å². The topological polar surface area (TPSA) is 103 Å². The molecule has 0 fully saturated rings. The monoisotopic (exact) mass is 468 g/mol. The Morgan fingerprint density at radius 2 is 1.73 bits per heavy atom. The van der Waals surface area contributed by atoms with Gasteiger partial charge in [-0.3, -0.25) is 4.79 Å². The molecule has 4 rings (SSSR count). The van der Waals surface area contributed by atoms with Gasteiger partial charge in [0.2, 0.25) is 16.8 Å². The van der Waals surface area contributed by atoms with Crippen LogP contribution in [-0.4, -0.2) is 27.7 Å². The van der Waals surface area contributed by atoms with E-state index < -0.39 is 10.0 Å². The molecule has 1 amide bonds. The molecular formula is C24H24N2O6S. The van der Waals surface area contributed by atoms with Crippen LogP contribution < -0.4 is 24.2 Å². The van der Waals surface area contributed by atoms with E-state index >= 15 is 0 Å². The van der Waals surface area contributed by atoms with Crippen molar-refractivity contribution in [2.24, 2.45) is 0 Å². The summed E-state index contributed by atoms with van der Waals surface area (Å²) in [6, 6.07) is 19.3. The number of hydrogen-bond acceptors (Lipinski definition) is 6. The molecule has 0 aromatic heterocycles. The van der Waals surface area contributed by atoms with Crippen LogP contribution in [0, 0.1) is 6.92 Å². The first kappa shape index (κ1) is 22.6. The van der Waals surface area contributed by atoms with Gasteiger partial charge in [0, 0.05) is 13.1 Å². The maximum atomic E-state index is 12.6. The van der Waals surface area contributed by atoms with Crippen molar-refractivity contribution in [2.45, 2.75) is 24.9 Å². The van der Waals surface area contributed by atoms with Crippen molar-refractivity contribution in [3.63, 3.8) is 0 Å². The van der Waals surface area contributed by atoms with E-state index in [-0.39, 0.29) is 30.7 Å². The second-order valence-corrected chi connectivity index (χ2v) is 9.26. The molecule has 0 bridgehead atoms. The minimum absolute atomic E-state index is 0.135. The lowest BCUT2D eigenvalue weighted by Gasteiger charge is -2.12. The number of hydrogen-bond donors (Lipinski definition) is 2. The number of aryl methyl sites for hydroxylation is 1. The summed E-state index contributed by atoms with van der Waals surface area (Å²) in [7, 11) is -3.68. The van der Waals surface area contributed by atoms with Crippen LogP contribution in [0.15, 0.2) is 71.6 Å². The SMILES string of the molecule is Cc1cc(S(=O)(=O)NCc2ccccc2)ccc1OCC(=O)NCc1ccc2c(c1)OCO2. The van der Waals surface area contributed by atoms with Gasteiger partial charge in [0.25, 0.3) is 5.91 Å². The van der Waals surface area contributed by atoms with Gasteiger partial charge in [0.05, 0.1) is 4.90 Å². The number of sulfonamides is 1. The maximum Gasteiger partial charge on any atom is 0.258 e. The van der Waals surface area contributed by atoms with Gasteiger partial charge < -0.3 is 19.5 Å². The first-order valence-corrected chi connectivity index (χ1v) is 11.8.